The smallest absolute Gasteiger partial charge is 0.185 e. The Morgan fingerprint density at radius 2 is 2.53 bits per heavy atom. The van der Waals surface area contributed by atoms with E-state index in [-0.39, 0.29) is 6.61 Å². The third-order valence-corrected chi connectivity index (χ3v) is 3.99. The fourth-order valence-electron chi connectivity index (χ4n) is 2.17. The summed E-state index contributed by atoms with van der Waals surface area (Å²) in [6.07, 6.45) is 5.68. The number of aliphatic hydroxyl groups is 1. The Bertz CT molecular complexity index is 313. The standard InChI is InChI=1S/C11H18N2OS/c1-2-3-9-4-5-13(7-9)11-12-6-10(8-14)15-11/h6,9,14H,2-5,7-8H2,1H3. The van der Waals surface area contributed by atoms with Gasteiger partial charge in [0.2, 0.25) is 0 Å². The molecule has 15 heavy (non-hydrogen) atoms. The summed E-state index contributed by atoms with van der Waals surface area (Å²) in [4.78, 5) is 7.66. The van der Waals surface area contributed by atoms with E-state index in [0.717, 1.165) is 29.0 Å². The Morgan fingerprint density at radius 1 is 1.67 bits per heavy atom. The maximum atomic E-state index is 8.98. The first kappa shape index (κ1) is 10.9. The second-order valence-electron chi connectivity index (χ2n) is 4.16. The fraction of sp³-hybridized carbons (Fsp3) is 0.727. The number of hydrogen-bond acceptors (Lipinski definition) is 4. The van der Waals surface area contributed by atoms with Crippen molar-refractivity contribution in [1.29, 1.82) is 0 Å². The number of rotatable bonds is 4. The van der Waals surface area contributed by atoms with E-state index >= 15 is 0 Å². The van der Waals surface area contributed by atoms with E-state index in [0.29, 0.717) is 0 Å². The number of aromatic nitrogens is 1. The number of thiazole rings is 1. The summed E-state index contributed by atoms with van der Waals surface area (Å²) in [5.74, 6) is 0.844. The monoisotopic (exact) mass is 226 g/mol. The van der Waals surface area contributed by atoms with E-state index in [9.17, 15) is 0 Å². The van der Waals surface area contributed by atoms with E-state index in [2.05, 4.69) is 16.8 Å². The lowest BCUT2D eigenvalue weighted by Gasteiger charge is -2.14. The Balaban J connectivity index is 1.95. The van der Waals surface area contributed by atoms with Crippen LogP contribution in [0.15, 0.2) is 6.20 Å². The molecule has 1 fully saturated rings. The average Bonchev–Trinajstić information content (AvgIpc) is 2.85. The van der Waals surface area contributed by atoms with Crippen molar-refractivity contribution in [2.24, 2.45) is 5.92 Å². The maximum absolute atomic E-state index is 8.98. The molecule has 0 radical (unpaired) electrons. The zero-order valence-corrected chi connectivity index (χ0v) is 9.96. The molecule has 1 N–H and O–H groups in total. The quantitative estimate of drug-likeness (QED) is 0.855. The van der Waals surface area contributed by atoms with Crippen LogP contribution in [-0.4, -0.2) is 23.2 Å². The lowest BCUT2D eigenvalue weighted by Crippen LogP contribution is -2.19. The average molecular weight is 226 g/mol. The largest absolute Gasteiger partial charge is 0.391 e. The van der Waals surface area contributed by atoms with Crippen molar-refractivity contribution in [3.05, 3.63) is 11.1 Å². The molecule has 2 heterocycles. The molecule has 2 rings (SSSR count). The number of aliphatic hydroxyl groups excluding tert-OH is 1. The lowest BCUT2D eigenvalue weighted by atomic mass is 10.0. The van der Waals surface area contributed by atoms with Crippen molar-refractivity contribution in [3.63, 3.8) is 0 Å². The summed E-state index contributed by atoms with van der Waals surface area (Å²) >= 11 is 1.62. The van der Waals surface area contributed by atoms with Crippen LogP contribution in [0.5, 0.6) is 0 Å². The lowest BCUT2D eigenvalue weighted by molar-refractivity contribution is 0.285. The molecule has 4 heteroatoms. The van der Waals surface area contributed by atoms with Gasteiger partial charge in [0.1, 0.15) is 0 Å². The minimum atomic E-state index is 0.115. The summed E-state index contributed by atoms with van der Waals surface area (Å²) in [7, 11) is 0. The first-order valence-electron chi connectivity index (χ1n) is 5.64. The summed E-state index contributed by atoms with van der Waals surface area (Å²) in [5.41, 5.74) is 0. The SMILES string of the molecule is CCCC1CCN(c2ncc(CO)s2)C1. The van der Waals surface area contributed by atoms with Gasteiger partial charge in [0.15, 0.2) is 5.13 Å². The molecule has 1 aromatic heterocycles. The van der Waals surface area contributed by atoms with Crippen LogP contribution < -0.4 is 4.90 Å². The van der Waals surface area contributed by atoms with Gasteiger partial charge in [-0.1, -0.05) is 24.7 Å². The maximum Gasteiger partial charge on any atom is 0.185 e. The summed E-state index contributed by atoms with van der Waals surface area (Å²) in [6.45, 7) is 4.63. The fourth-order valence-corrected chi connectivity index (χ4v) is 2.97. The highest BCUT2D eigenvalue weighted by Gasteiger charge is 2.23. The normalized spacial score (nSPS) is 21.2. The van der Waals surface area contributed by atoms with Crippen LogP contribution in [0, 0.1) is 5.92 Å². The molecule has 1 saturated heterocycles. The van der Waals surface area contributed by atoms with Gasteiger partial charge in [-0.3, -0.25) is 0 Å². The van der Waals surface area contributed by atoms with Crippen LogP contribution >= 0.6 is 11.3 Å². The van der Waals surface area contributed by atoms with Gasteiger partial charge in [0, 0.05) is 19.3 Å². The molecule has 0 aliphatic carbocycles. The first-order valence-corrected chi connectivity index (χ1v) is 6.45. The molecular formula is C11H18N2OS. The Labute approximate surface area is 94.8 Å². The van der Waals surface area contributed by atoms with Crippen LogP contribution in [0.1, 0.15) is 31.1 Å². The summed E-state index contributed by atoms with van der Waals surface area (Å²) in [5, 5.41) is 10.1. The molecule has 0 bridgehead atoms. The molecule has 0 amide bonds. The van der Waals surface area contributed by atoms with Crippen molar-refractivity contribution in [2.75, 3.05) is 18.0 Å². The molecule has 3 nitrogen and oxygen atoms in total. The minimum Gasteiger partial charge on any atom is -0.391 e. The number of nitrogens with zero attached hydrogens (tertiary/aromatic N) is 2. The van der Waals surface area contributed by atoms with Crippen molar-refractivity contribution >= 4 is 16.5 Å². The third kappa shape index (κ3) is 2.49. The van der Waals surface area contributed by atoms with Gasteiger partial charge < -0.3 is 10.0 Å². The Kier molecular flexibility index (Phi) is 3.59. The van der Waals surface area contributed by atoms with Crippen LogP contribution in [0.2, 0.25) is 0 Å². The van der Waals surface area contributed by atoms with E-state index in [1.54, 1.807) is 17.5 Å². The van der Waals surface area contributed by atoms with Gasteiger partial charge in [-0.2, -0.15) is 0 Å². The van der Waals surface area contributed by atoms with E-state index in [4.69, 9.17) is 5.11 Å². The Morgan fingerprint density at radius 3 is 3.20 bits per heavy atom. The molecule has 84 valence electrons. The minimum absolute atomic E-state index is 0.115. The predicted molar refractivity (Wildman–Crippen MR) is 63.3 cm³/mol. The van der Waals surface area contributed by atoms with Crippen LogP contribution in [0.3, 0.4) is 0 Å². The van der Waals surface area contributed by atoms with Crippen LogP contribution in [-0.2, 0) is 6.61 Å². The van der Waals surface area contributed by atoms with Crippen molar-refractivity contribution in [2.45, 2.75) is 32.8 Å². The second kappa shape index (κ2) is 4.94. The highest BCUT2D eigenvalue weighted by Crippen LogP contribution is 2.29. The van der Waals surface area contributed by atoms with Gasteiger partial charge in [-0.15, -0.1) is 0 Å². The van der Waals surface area contributed by atoms with Crippen molar-refractivity contribution < 1.29 is 5.11 Å². The van der Waals surface area contributed by atoms with Crippen LogP contribution in [0.4, 0.5) is 5.13 Å². The summed E-state index contributed by atoms with van der Waals surface area (Å²) < 4.78 is 0. The molecule has 1 unspecified atom stereocenters. The molecule has 0 aromatic carbocycles. The molecule has 1 aliphatic rings. The van der Waals surface area contributed by atoms with E-state index in [1.165, 1.54) is 19.3 Å². The molecule has 1 aromatic rings. The zero-order chi connectivity index (χ0) is 10.7. The molecular weight excluding hydrogens is 208 g/mol. The first-order chi connectivity index (χ1) is 7.33. The zero-order valence-electron chi connectivity index (χ0n) is 9.15. The number of hydrogen-bond donors (Lipinski definition) is 1. The van der Waals surface area contributed by atoms with Gasteiger partial charge in [-0.05, 0) is 18.8 Å². The summed E-state index contributed by atoms with van der Waals surface area (Å²) in [6, 6.07) is 0. The van der Waals surface area contributed by atoms with E-state index in [1.807, 2.05) is 0 Å². The van der Waals surface area contributed by atoms with Gasteiger partial charge >= 0.3 is 0 Å². The molecule has 0 spiro atoms. The number of anilines is 1. The molecule has 1 atom stereocenters. The highest BCUT2D eigenvalue weighted by molar-refractivity contribution is 7.15. The van der Waals surface area contributed by atoms with Crippen molar-refractivity contribution in [3.8, 4) is 0 Å². The predicted octanol–water partition coefficient (Wildman–Crippen LogP) is 2.26. The highest BCUT2D eigenvalue weighted by atomic mass is 32.1. The second-order valence-corrected chi connectivity index (χ2v) is 5.25. The van der Waals surface area contributed by atoms with Gasteiger partial charge in [-0.25, -0.2) is 4.98 Å². The molecule has 0 saturated carbocycles. The van der Waals surface area contributed by atoms with Gasteiger partial charge in [0.05, 0.1) is 11.5 Å². The third-order valence-electron chi connectivity index (χ3n) is 2.95. The van der Waals surface area contributed by atoms with E-state index < -0.39 is 0 Å². The topological polar surface area (TPSA) is 36.4 Å². The van der Waals surface area contributed by atoms with Crippen molar-refractivity contribution in [1.82, 2.24) is 4.98 Å². The van der Waals surface area contributed by atoms with Crippen LogP contribution in [0.25, 0.3) is 0 Å². The van der Waals surface area contributed by atoms with Gasteiger partial charge in [0.25, 0.3) is 0 Å². The Hall–Kier alpha value is -0.610. The molecule has 1 aliphatic heterocycles.